The Morgan fingerprint density at radius 2 is 2.11 bits per heavy atom. The van der Waals surface area contributed by atoms with E-state index in [0.717, 1.165) is 17.8 Å². The van der Waals surface area contributed by atoms with Crippen molar-refractivity contribution in [2.24, 2.45) is 0 Å². The monoisotopic (exact) mass is 238 g/mol. The Morgan fingerprint density at radius 3 is 2.94 bits per heavy atom. The van der Waals surface area contributed by atoms with Crippen molar-refractivity contribution in [3.05, 3.63) is 48.0 Å². The van der Waals surface area contributed by atoms with E-state index in [4.69, 9.17) is 4.98 Å². The maximum absolute atomic E-state index is 4.73. The van der Waals surface area contributed by atoms with Crippen molar-refractivity contribution in [3.63, 3.8) is 0 Å². The lowest BCUT2D eigenvalue weighted by atomic mass is 10.0. The molecule has 1 unspecified atom stereocenters. The van der Waals surface area contributed by atoms with Crippen molar-refractivity contribution in [1.29, 1.82) is 0 Å². The van der Waals surface area contributed by atoms with Gasteiger partial charge in [0.15, 0.2) is 0 Å². The van der Waals surface area contributed by atoms with Crippen molar-refractivity contribution in [3.8, 4) is 0 Å². The highest BCUT2D eigenvalue weighted by Crippen LogP contribution is 2.22. The number of allylic oxidation sites excluding steroid dienone is 1. The van der Waals surface area contributed by atoms with Gasteiger partial charge in [0.05, 0.1) is 5.52 Å². The number of rotatable bonds is 2. The maximum atomic E-state index is 4.73. The number of hydrogen-bond donors (Lipinski definition) is 1. The van der Waals surface area contributed by atoms with Gasteiger partial charge in [0.25, 0.3) is 0 Å². The van der Waals surface area contributed by atoms with E-state index in [1.54, 1.807) is 0 Å². The van der Waals surface area contributed by atoms with E-state index in [0.29, 0.717) is 6.04 Å². The lowest BCUT2D eigenvalue weighted by Crippen LogP contribution is -2.21. The van der Waals surface area contributed by atoms with E-state index >= 15 is 0 Å². The fourth-order valence-corrected chi connectivity index (χ4v) is 2.49. The number of nitrogens with one attached hydrogen (secondary N) is 1. The topological polar surface area (TPSA) is 24.9 Å². The fraction of sp³-hybridized carbons (Fsp3) is 0.312. The Hall–Kier alpha value is -1.83. The van der Waals surface area contributed by atoms with Crippen LogP contribution in [0.4, 0.5) is 5.82 Å². The maximum Gasteiger partial charge on any atom is 0.129 e. The smallest absolute Gasteiger partial charge is 0.129 e. The van der Waals surface area contributed by atoms with Crippen LogP contribution in [0.25, 0.3) is 10.9 Å². The normalized spacial score (nSPS) is 19.1. The molecule has 0 spiro atoms. The summed E-state index contributed by atoms with van der Waals surface area (Å²) in [5, 5.41) is 4.79. The summed E-state index contributed by atoms with van der Waals surface area (Å²) in [7, 11) is 0. The number of pyridine rings is 1. The Bertz CT molecular complexity index is 587. The van der Waals surface area contributed by atoms with Crippen LogP contribution in [0.2, 0.25) is 0 Å². The molecule has 18 heavy (non-hydrogen) atoms. The van der Waals surface area contributed by atoms with Crippen LogP contribution in [-0.4, -0.2) is 11.0 Å². The molecule has 3 rings (SSSR count). The Morgan fingerprint density at radius 1 is 1.22 bits per heavy atom. The molecule has 92 valence electrons. The summed E-state index contributed by atoms with van der Waals surface area (Å²) in [5.74, 6) is 1.04. The van der Waals surface area contributed by atoms with Gasteiger partial charge in [-0.1, -0.05) is 30.4 Å². The van der Waals surface area contributed by atoms with Crippen molar-refractivity contribution in [1.82, 2.24) is 4.98 Å². The summed E-state index contributed by atoms with van der Waals surface area (Å²) in [6.45, 7) is 2.13. The van der Waals surface area contributed by atoms with Gasteiger partial charge in [-0.2, -0.15) is 0 Å². The Balaban J connectivity index is 1.91. The molecule has 0 saturated carbocycles. The minimum Gasteiger partial charge on any atom is -0.367 e. The number of nitrogens with zero attached hydrogens (tertiary/aromatic N) is 1. The summed E-state index contributed by atoms with van der Waals surface area (Å²) in [5.41, 5.74) is 2.29. The summed E-state index contributed by atoms with van der Waals surface area (Å²) in [6, 6.07) is 11.0. The second-order valence-electron chi connectivity index (χ2n) is 4.97. The first-order chi connectivity index (χ1) is 8.83. The van der Waals surface area contributed by atoms with E-state index in [2.05, 4.69) is 48.7 Å². The molecule has 2 nitrogen and oxygen atoms in total. The number of para-hydroxylation sites is 1. The highest BCUT2D eigenvalue weighted by molar-refractivity contribution is 5.81. The van der Waals surface area contributed by atoms with Crippen molar-refractivity contribution >= 4 is 16.7 Å². The highest BCUT2D eigenvalue weighted by atomic mass is 15.0. The lowest BCUT2D eigenvalue weighted by Gasteiger charge is -2.21. The third kappa shape index (κ3) is 2.23. The van der Waals surface area contributed by atoms with Gasteiger partial charge in [-0.15, -0.1) is 0 Å². The molecular weight excluding hydrogens is 220 g/mol. The average Bonchev–Trinajstić information content (AvgIpc) is 2.41. The summed E-state index contributed by atoms with van der Waals surface area (Å²) < 4.78 is 0. The van der Waals surface area contributed by atoms with Gasteiger partial charge in [-0.25, -0.2) is 4.98 Å². The quantitative estimate of drug-likeness (QED) is 0.798. The van der Waals surface area contributed by atoms with Crippen LogP contribution in [0, 0.1) is 6.92 Å². The standard InChI is InChI=1S/C16H18N2/c1-12-11-13-7-5-6-10-15(13)18-16(12)17-14-8-3-2-4-9-14/h2-3,5-7,10-11,14H,4,8-9H2,1H3,(H,17,18). The molecule has 0 fully saturated rings. The molecule has 0 amide bonds. The summed E-state index contributed by atoms with van der Waals surface area (Å²) >= 11 is 0. The van der Waals surface area contributed by atoms with Crippen molar-refractivity contribution in [2.45, 2.75) is 32.2 Å². The Kier molecular flexibility index (Phi) is 3.01. The van der Waals surface area contributed by atoms with Crippen LogP contribution < -0.4 is 5.32 Å². The second kappa shape index (κ2) is 4.81. The highest BCUT2D eigenvalue weighted by Gasteiger charge is 2.11. The first-order valence-electron chi connectivity index (χ1n) is 6.61. The zero-order chi connectivity index (χ0) is 12.4. The van der Waals surface area contributed by atoms with Gasteiger partial charge < -0.3 is 5.32 Å². The Labute approximate surface area is 108 Å². The number of anilines is 1. The van der Waals surface area contributed by atoms with Gasteiger partial charge in [0.2, 0.25) is 0 Å². The SMILES string of the molecule is Cc1cc2ccccc2nc1NC1CC=CCC1. The van der Waals surface area contributed by atoms with E-state index in [9.17, 15) is 0 Å². The van der Waals surface area contributed by atoms with Gasteiger partial charge in [-0.3, -0.25) is 0 Å². The molecule has 1 atom stereocenters. The van der Waals surface area contributed by atoms with Gasteiger partial charge in [-0.05, 0) is 43.9 Å². The molecule has 0 aliphatic heterocycles. The molecule has 2 aromatic rings. The van der Waals surface area contributed by atoms with Crippen LogP contribution in [-0.2, 0) is 0 Å². The van der Waals surface area contributed by atoms with Gasteiger partial charge >= 0.3 is 0 Å². The molecule has 0 radical (unpaired) electrons. The first kappa shape index (κ1) is 11.3. The van der Waals surface area contributed by atoms with E-state index in [1.807, 2.05) is 6.07 Å². The van der Waals surface area contributed by atoms with E-state index in [-0.39, 0.29) is 0 Å². The molecule has 1 heterocycles. The number of benzene rings is 1. The average molecular weight is 238 g/mol. The molecule has 1 aliphatic carbocycles. The zero-order valence-electron chi connectivity index (χ0n) is 10.7. The molecule has 1 aromatic heterocycles. The molecule has 1 aliphatic rings. The van der Waals surface area contributed by atoms with Crippen molar-refractivity contribution in [2.75, 3.05) is 5.32 Å². The molecule has 1 aromatic carbocycles. The largest absolute Gasteiger partial charge is 0.367 e. The van der Waals surface area contributed by atoms with E-state index in [1.165, 1.54) is 23.8 Å². The predicted octanol–water partition coefficient (Wildman–Crippen LogP) is 4.06. The summed E-state index contributed by atoms with van der Waals surface area (Å²) in [4.78, 5) is 4.73. The molecular formula is C16H18N2. The second-order valence-corrected chi connectivity index (χ2v) is 4.97. The van der Waals surface area contributed by atoms with Crippen LogP contribution in [0.1, 0.15) is 24.8 Å². The molecule has 0 saturated heterocycles. The zero-order valence-corrected chi connectivity index (χ0v) is 10.7. The predicted molar refractivity (Wildman–Crippen MR) is 76.9 cm³/mol. The lowest BCUT2D eigenvalue weighted by molar-refractivity contribution is 0.642. The van der Waals surface area contributed by atoms with Crippen LogP contribution in [0.3, 0.4) is 0 Å². The van der Waals surface area contributed by atoms with Crippen LogP contribution in [0.15, 0.2) is 42.5 Å². The molecule has 2 heteroatoms. The number of fused-ring (bicyclic) bond motifs is 1. The number of aryl methyl sites for hydroxylation is 1. The van der Waals surface area contributed by atoms with Crippen LogP contribution in [0.5, 0.6) is 0 Å². The first-order valence-corrected chi connectivity index (χ1v) is 6.61. The summed E-state index contributed by atoms with van der Waals surface area (Å²) in [6.07, 6.45) is 8.00. The third-order valence-corrected chi connectivity index (χ3v) is 3.52. The van der Waals surface area contributed by atoms with Crippen LogP contribution >= 0.6 is 0 Å². The number of hydrogen-bond acceptors (Lipinski definition) is 2. The van der Waals surface area contributed by atoms with Gasteiger partial charge in [0, 0.05) is 11.4 Å². The molecule has 1 N–H and O–H groups in total. The number of aromatic nitrogens is 1. The third-order valence-electron chi connectivity index (χ3n) is 3.52. The minimum absolute atomic E-state index is 0.530. The molecule has 0 bridgehead atoms. The van der Waals surface area contributed by atoms with Crippen molar-refractivity contribution < 1.29 is 0 Å². The van der Waals surface area contributed by atoms with E-state index < -0.39 is 0 Å². The fourth-order valence-electron chi connectivity index (χ4n) is 2.49. The van der Waals surface area contributed by atoms with Gasteiger partial charge in [0.1, 0.15) is 5.82 Å². The minimum atomic E-state index is 0.530.